The maximum Gasteiger partial charge on any atom is 0.289 e. The second kappa shape index (κ2) is 6.84. The van der Waals surface area contributed by atoms with Crippen molar-refractivity contribution in [2.45, 2.75) is 25.0 Å². The number of nitrogens with zero attached hydrogens (tertiary/aromatic N) is 3. The maximum absolute atomic E-state index is 12.6. The zero-order valence-corrected chi connectivity index (χ0v) is 14.3. The first-order valence-electron chi connectivity index (χ1n) is 8.73. The average Bonchev–Trinajstić information content (AvgIpc) is 3.31. The van der Waals surface area contributed by atoms with E-state index in [4.69, 9.17) is 4.74 Å². The summed E-state index contributed by atoms with van der Waals surface area (Å²) in [7, 11) is 1.76. The smallest absolute Gasteiger partial charge is 0.289 e. The predicted molar refractivity (Wildman–Crippen MR) is 93.1 cm³/mol. The Bertz CT molecular complexity index is 706. The molecular weight excluding hydrogens is 318 g/mol. The third-order valence-corrected chi connectivity index (χ3v) is 5.41. The largest absolute Gasteiger partial charge is 0.379 e. The number of carbonyl (C=O) groups excluding carboxylic acids is 1. The molecule has 2 aliphatic rings. The summed E-state index contributed by atoms with van der Waals surface area (Å²) in [5.74, 6) is 2.24. The molecule has 132 valence electrons. The van der Waals surface area contributed by atoms with Crippen molar-refractivity contribution in [1.82, 2.24) is 19.9 Å². The molecule has 7 heteroatoms. The molecule has 0 spiro atoms. The summed E-state index contributed by atoms with van der Waals surface area (Å²) < 4.78 is 5.74. The summed E-state index contributed by atoms with van der Waals surface area (Å²) in [6.07, 6.45) is 7.14. The number of hydrogen-bond donors (Lipinski definition) is 2. The summed E-state index contributed by atoms with van der Waals surface area (Å²) in [5.41, 5.74) is 0. The van der Waals surface area contributed by atoms with Crippen LogP contribution in [0.15, 0.2) is 36.8 Å². The Morgan fingerprint density at radius 3 is 2.76 bits per heavy atom. The van der Waals surface area contributed by atoms with E-state index in [1.54, 1.807) is 25.7 Å². The number of fused-ring (bicyclic) bond motifs is 1. The van der Waals surface area contributed by atoms with Crippen LogP contribution in [0.25, 0.3) is 0 Å². The number of aromatic nitrogens is 3. The number of rotatable bonds is 4. The third kappa shape index (κ3) is 3.24. The van der Waals surface area contributed by atoms with Crippen LogP contribution in [0.1, 0.15) is 23.5 Å². The van der Waals surface area contributed by atoms with Gasteiger partial charge in [0.1, 0.15) is 5.82 Å². The number of ether oxygens (including phenoxy) is 1. The van der Waals surface area contributed by atoms with Crippen molar-refractivity contribution in [3.63, 3.8) is 0 Å². The van der Waals surface area contributed by atoms with E-state index in [1.807, 2.05) is 23.1 Å². The van der Waals surface area contributed by atoms with Gasteiger partial charge in [-0.3, -0.25) is 4.79 Å². The van der Waals surface area contributed by atoms with E-state index in [9.17, 15) is 4.79 Å². The van der Waals surface area contributed by atoms with Crippen molar-refractivity contribution in [1.29, 1.82) is 0 Å². The summed E-state index contributed by atoms with van der Waals surface area (Å²) in [6.45, 7) is 1.56. The molecule has 4 rings (SSSR count). The highest BCUT2D eigenvalue weighted by molar-refractivity contribution is 5.90. The Morgan fingerprint density at radius 1 is 1.24 bits per heavy atom. The molecule has 0 unspecified atom stereocenters. The summed E-state index contributed by atoms with van der Waals surface area (Å²) in [6, 6.07) is 6.06. The van der Waals surface area contributed by atoms with Gasteiger partial charge in [-0.1, -0.05) is 6.07 Å². The van der Waals surface area contributed by atoms with Gasteiger partial charge in [-0.15, -0.1) is 0 Å². The van der Waals surface area contributed by atoms with Crippen molar-refractivity contribution >= 4 is 11.7 Å². The van der Waals surface area contributed by atoms with Crippen molar-refractivity contribution in [2.24, 2.45) is 11.8 Å². The first kappa shape index (κ1) is 16.1. The van der Waals surface area contributed by atoms with Gasteiger partial charge in [0.2, 0.25) is 0 Å². The van der Waals surface area contributed by atoms with Gasteiger partial charge in [0.15, 0.2) is 5.82 Å². The SMILES string of the molecule is CO[C@@H]1C[C@H]2CN(C(=O)c3ncc[nH]3)C[C@H]2C[C@H]1Nc1ccccn1. The van der Waals surface area contributed by atoms with E-state index < -0.39 is 0 Å². The summed E-state index contributed by atoms with van der Waals surface area (Å²) >= 11 is 0. The lowest BCUT2D eigenvalue weighted by Crippen LogP contribution is -2.44. The van der Waals surface area contributed by atoms with E-state index in [0.717, 1.165) is 31.7 Å². The highest BCUT2D eigenvalue weighted by atomic mass is 16.5. The van der Waals surface area contributed by atoms with Crippen LogP contribution >= 0.6 is 0 Å². The summed E-state index contributed by atoms with van der Waals surface area (Å²) in [4.78, 5) is 25.8. The lowest BCUT2D eigenvalue weighted by Gasteiger charge is -2.37. The number of carbonyl (C=O) groups is 1. The molecule has 1 saturated carbocycles. The van der Waals surface area contributed by atoms with E-state index in [-0.39, 0.29) is 18.1 Å². The second-order valence-corrected chi connectivity index (χ2v) is 6.88. The van der Waals surface area contributed by atoms with E-state index >= 15 is 0 Å². The monoisotopic (exact) mass is 341 g/mol. The Labute approximate surface area is 146 Å². The van der Waals surface area contributed by atoms with Crippen molar-refractivity contribution in [2.75, 3.05) is 25.5 Å². The highest BCUT2D eigenvalue weighted by Crippen LogP contribution is 2.38. The highest BCUT2D eigenvalue weighted by Gasteiger charge is 2.44. The van der Waals surface area contributed by atoms with Crippen LogP contribution in [0.2, 0.25) is 0 Å². The number of nitrogens with one attached hydrogen (secondary N) is 2. The first-order chi connectivity index (χ1) is 12.2. The number of likely N-dealkylation sites (tertiary alicyclic amines) is 1. The number of imidazole rings is 1. The minimum absolute atomic E-state index is 0.0115. The Morgan fingerprint density at radius 2 is 2.08 bits per heavy atom. The van der Waals surface area contributed by atoms with Crippen LogP contribution in [0, 0.1) is 11.8 Å². The van der Waals surface area contributed by atoms with Crippen molar-refractivity contribution in [3.05, 3.63) is 42.6 Å². The molecule has 2 aromatic rings. The zero-order chi connectivity index (χ0) is 17.2. The number of methoxy groups -OCH3 is 1. The number of amides is 1. The average molecular weight is 341 g/mol. The molecular formula is C18H23N5O2. The minimum atomic E-state index is -0.0115. The molecule has 0 bridgehead atoms. The van der Waals surface area contributed by atoms with E-state index in [2.05, 4.69) is 20.3 Å². The standard InChI is InChI=1S/C18H23N5O2/c1-25-15-9-13-11-23(18(24)17-20-6-7-21-17)10-12(13)8-14(15)22-16-4-2-3-5-19-16/h2-7,12-15H,8-11H2,1H3,(H,19,22)(H,20,21)/t12-,13+,14-,15-/m1/s1. The molecule has 2 fully saturated rings. The Balaban J connectivity index is 1.44. The number of H-pyrrole nitrogens is 1. The molecule has 0 aromatic carbocycles. The molecule has 2 aromatic heterocycles. The fourth-order valence-corrected chi connectivity index (χ4v) is 4.16. The third-order valence-electron chi connectivity index (χ3n) is 5.41. The maximum atomic E-state index is 12.6. The van der Waals surface area contributed by atoms with Gasteiger partial charge >= 0.3 is 0 Å². The predicted octanol–water partition coefficient (Wildman–Crippen LogP) is 1.78. The lowest BCUT2D eigenvalue weighted by molar-refractivity contribution is 0.0304. The quantitative estimate of drug-likeness (QED) is 0.886. The molecule has 7 nitrogen and oxygen atoms in total. The van der Waals surface area contributed by atoms with Gasteiger partial charge in [-0.2, -0.15) is 0 Å². The number of pyridine rings is 1. The molecule has 0 radical (unpaired) electrons. The molecule has 4 atom stereocenters. The number of aromatic amines is 1. The van der Waals surface area contributed by atoms with Crippen molar-refractivity contribution < 1.29 is 9.53 Å². The Kier molecular flexibility index (Phi) is 4.40. The van der Waals surface area contributed by atoms with Crippen molar-refractivity contribution in [3.8, 4) is 0 Å². The van der Waals surface area contributed by atoms with Crippen LogP contribution < -0.4 is 5.32 Å². The molecule has 1 saturated heterocycles. The van der Waals surface area contributed by atoms with E-state index in [1.165, 1.54) is 0 Å². The van der Waals surface area contributed by atoms with Gasteiger partial charge in [0.25, 0.3) is 5.91 Å². The second-order valence-electron chi connectivity index (χ2n) is 6.88. The fourth-order valence-electron chi connectivity index (χ4n) is 4.16. The fraction of sp³-hybridized carbons (Fsp3) is 0.500. The van der Waals surface area contributed by atoms with Gasteiger partial charge in [0, 0.05) is 38.8 Å². The lowest BCUT2D eigenvalue weighted by atomic mass is 9.77. The molecule has 1 aliphatic heterocycles. The van der Waals surface area contributed by atoms with Crippen LogP contribution in [-0.2, 0) is 4.74 Å². The van der Waals surface area contributed by atoms with E-state index in [0.29, 0.717) is 17.7 Å². The molecule has 2 N–H and O–H groups in total. The van der Waals surface area contributed by atoms with Crippen LogP contribution in [0.4, 0.5) is 5.82 Å². The molecule has 25 heavy (non-hydrogen) atoms. The van der Waals surface area contributed by atoms with Gasteiger partial charge < -0.3 is 19.9 Å². The normalized spacial score (nSPS) is 28.6. The zero-order valence-electron chi connectivity index (χ0n) is 14.3. The van der Waals surface area contributed by atoms with Gasteiger partial charge in [-0.05, 0) is 36.8 Å². The minimum Gasteiger partial charge on any atom is -0.379 e. The number of hydrogen-bond acceptors (Lipinski definition) is 5. The Hall–Kier alpha value is -2.41. The topological polar surface area (TPSA) is 83.1 Å². The van der Waals surface area contributed by atoms with Crippen LogP contribution in [-0.4, -0.2) is 58.1 Å². The van der Waals surface area contributed by atoms with Gasteiger partial charge in [-0.25, -0.2) is 9.97 Å². The summed E-state index contributed by atoms with van der Waals surface area (Å²) in [5, 5.41) is 3.51. The van der Waals surface area contributed by atoms with Crippen LogP contribution in [0.3, 0.4) is 0 Å². The van der Waals surface area contributed by atoms with Gasteiger partial charge in [0.05, 0.1) is 12.1 Å². The molecule has 1 amide bonds. The molecule has 3 heterocycles. The van der Waals surface area contributed by atoms with Crippen LogP contribution in [0.5, 0.6) is 0 Å². The number of anilines is 1. The first-order valence-corrected chi connectivity index (χ1v) is 8.73. The molecule has 1 aliphatic carbocycles.